The van der Waals surface area contributed by atoms with Crippen molar-refractivity contribution in [3.63, 3.8) is 0 Å². The van der Waals surface area contributed by atoms with Gasteiger partial charge in [-0.25, -0.2) is 0 Å². The summed E-state index contributed by atoms with van der Waals surface area (Å²) in [6.45, 7) is 3.34. The molecule has 1 aromatic carbocycles. The summed E-state index contributed by atoms with van der Waals surface area (Å²) < 4.78 is 9.46. The minimum Gasteiger partial charge on any atom is -0.496 e. The minimum atomic E-state index is -0.126. The maximum Gasteiger partial charge on any atom is 0.259 e. The second kappa shape index (κ2) is 9.71. The topological polar surface area (TPSA) is 59.7 Å². The van der Waals surface area contributed by atoms with Gasteiger partial charge in [-0.2, -0.15) is 11.3 Å². The van der Waals surface area contributed by atoms with E-state index in [1.807, 2.05) is 16.8 Å². The molecule has 0 saturated heterocycles. The molecule has 3 aromatic heterocycles. The number of hydrogen-bond donors (Lipinski definition) is 0. The summed E-state index contributed by atoms with van der Waals surface area (Å²) in [6.07, 6.45) is 2.79. The van der Waals surface area contributed by atoms with Crippen molar-refractivity contribution in [2.75, 3.05) is 27.2 Å². The van der Waals surface area contributed by atoms with Gasteiger partial charge in [0.25, 0.3) is 11.5 Å². The molecule has 0 fully saturated rings. The van der Waals surface area contributed by atoms with Gasteiger partial charge in [0, 0.05) is 82.1 Å². The smallest absolute Gasteiger partial charge is 0.259 e. The van der Waals surface area contributed by atoms with Crippen LogP contribution in [0.3, 0.4) is 0 Å². The number of rotatable bonds is 6. The zero-order valence-electron chi connectivity index (χ0n) is 20.4. The van der Waals surface area contributed by atoms with Crippen LogP contribution in [0.25, 0.3) is 10.9 Å². The molecule has 0 saturated carbocycles. The fourth-order valence-corrected chi connectivity index (χ4v) is 5.71. The third-order valence-electron chi connectivity index (χ3n) is 6.84. The Balaban J connectivity index is 1.43. The number of hydrogen-bond acceptors (Lipinski definition) is 5. The molecular formula is C27H30N4O3S. The van der Waals surface area contributed by atoms with E-state index in [2.05, 4.69) is 47.0 Å². The van der Waals surface area contributed by atoms with Crippen LogP contribution in [-0.4, -0.2) is 52.1 Å². The number of pyridine rings is 1. The van der Waals surface area contributed by atoms with E-state index in [4.69, 9.17) is 4.74 Å². The predicted octanol–water partition coefficient (Wildman–Crippen LogP) is 3.74. The molecule has 7 nitrogen and oxygen atoms in total. The Morgan fingerprint density at radius 2 is 2.00 bits per heavy atom. The molecular weight excluding hydrogens is 460 g/mol. The van der Waals surface area contributed by atoms with Crippen LogP contribution in [-0.2, 0) is 33.1 Å². The summed E-state index contributed by atoms with van der Waals surface area (Å²) in [5.41, 5.74) is 4.70. The van der Waals surface area contributed by atoms with E-state index in [1.165, 1.54) is 29.6 Å². The van der Waals surface area contributed by atoms with Crippen LogP contribution < -0.4 is 10.3 Å². The molecule has 0 spiro atoms. The lowest BCUT2D eigenvalue weighted by Crippen LogP contribution is -2.32. The van der Waals surface area contributed by atoms with E-state index in [9.17, 15) is 9.59 Å². The first kappa shape index (κ1) is 23.4. The standard InChI is InChI=1S/C27H30N4O3S/c1-28-16-20(21-6-4-5-7-22(21)28)17-30-10-8-23-26(24(34-3)14-25(32)31(23)12-11-30)27(33)29(2)15-19-9-13-35-18-19/h4-7,9,13-14,16,18H,8,10-12,15,17H2,1-3H3. The van der Waals surface area contributed by atoms with Gasteiger partial charge >= 0.3 is 0 Å². The van der Waals surface area contributed by atoms with Crippen molar-refractivity contribution in [3.05, 3.63) is 86.1 Å². The fraction of sp³-hybridized carbons (Fsp3) is 0.333. The Hall–Kier alpha value is -3.36. The van der Waals surface area contributed by atoms with Crippen molar-refractivity contribution in [2.24, 2.45) is 7.05 Å². The van der Waals surface area contributed by atoms with E-state index in [0.717, 1.165) is 30.9 Å². The molecule has 4 aromatic rings. The summed E-state index contributed by atoms with van der Waals surface area (Å²) in [5.74, 6) is 0.227. The van der Waals surface area contributed by atoms with Gasteiger partial charge in [0.15, 0.2) is 0 Å². The molecule has 5 rings (SSSR count). The second-order valence-corrected chi connectivity index (χ2v) is 9.91. The number of para-hydroxylation sites is 1. The van der Waals surface area contributed by atoms with Crippen LogP contribution >= 0.6 is 11.3 Å². The first-order valence-electron chi connectivity index (χ1n) is 11.8. The SMILES string of the molecule is COc1cc(=O)n2c(c1C(=O)N(C)Cc1ccsc1)CCN(Cc1cn(C)c3ccccc13)CC2. The molecule has 1 aliphatic heterocycles. The van der Waals surface area contributed by atoms with Gasteiger partial charge in [0.1, 0.15) is 11.3 Å². The average molecular weight is 491 g/mol. The summed E-state index contributed by atoms with van der Waals surface area (Å²) in [4.78, 5) is 30.6. The highest BCUT2D eigenvalue weighted by molar-refractivity contribution is 7.07. The van der Waals surface area contributed by atoms with Gasteiger partial charge < -0.3 is 18.8 Å². The molecule has 0 aliphatic carbocycles. The maximum atomic E-state index is 13.6. The van der Waals surface area contributed by atoms with Gasteiger partial charge in [-0.1, -0.05) is 18.2 Å². The van der Waals surface area contributed by atoms with Crippen LogP contribution in [0.2, 0.25) is 0 Å². The van der Waals surface area contributed by atoms with E-state index in [1.54, 1.807) is 27.9 Å². The lowest BCUT2D eigenvalue weighted by molar-refractivity contribution is 0.0779. The number of fused-ring (bicyclic) bond motifs is 2. The van der Waals surface area contributed by atoms with Crippen molar-refractivity contribution in [2.45, 2.75) is 26.1 Å². The zero-order chi connectivity index (χ0) is 24.5. The number of nitrogens with zero attached hydrogens (tertiary/aromatic N) is 4. The first-order chi connectivity index (χ1) is 17.0. The molecule has 0 N–H and O–H groups in total. The van der Waals surface area contributed by atoms with Crippen molar-refractivity contribution in [1.82, 2.24) is 18.9 Å². The molecule has 0 bridgehead atoms. The van der Waals surface area contributed by atoms with Crippen molar-refractivity contribution >= 4 is 28.1 Å². The number of benzene rings is 1. The lowest BCUT2D eigenvalue weighted by Gasteiger charge is -2.22. The summed E-state index contributed by atoms with van der Waals surface area (Å²) >= 11 is 1.61. The van der Waals surface area contributed by atoms with E-state index in [0.29, 0.717) is 30.8 Å². The summed E-state index contributed by atoms with van der Waals surface area (Å²) in [5, 5.41) is 5.30. The highest BCUT2D eigenvalue weighted by Gasteiger charge is 2.27. The number of carbonyl (C=O) groups is 1. The third-order valence-corrected chi connectivity index (χ3v) is 7.57. The molecule has 4 heterocycles. The summed E-state index contributed by atoms with van der Waals surface area (Å²) in [6, 6.07) is 11.9. The fourth-order valence-electron chi connectivity index (χ4n) is 5.05. The number of thiophene rings is 1. The van der Waals surface area contributed by atoms with Gasteiger partial charge in [-0.3, -0.25) is 14.5 Å². The lowest BCUT2D eigenvalue weighted by atomic mass is 10.1. The molecule has 35 heavy (non-hydrogen) atoms. The molecule has 8 heteroatoms. The molecule has 0 radical (unpaired) electrons. The van der Waals surface area contributed by atoms with Gasteiger partial charge in [-0.05, 0) is 34.0 Å². The average Bonchev–Trinajstić information content (AvgIpc) is 3.42. The summed E-state index contributed by atoms with van der Waals surface area (Å²) in [7, 11) is 5.39. The number of ether oxygens (including phenoxy) is 1. The zero-order valence-corrected chi connectivity index (χ0v) is 21.2. The number of aryl methyl sites for hydroxylation is 1. The van der Waals surface area contributed by atoms with E-state index >= 15 is 0 Å². The van der Waals surface area contributed by atoms with Crippen molar-refractivity contribution in [1.29, 1.82) is 0 Å². The van der Waals surface area contributed by atoms with Gasteiger partial charge in [-0.15, -0.1) is 0 Å². The normalized spacial score (nSPS) is 14.0. The second-order valence-electron chi connectivity index (χ2n) is 9.13. The highest BCUT2D eigenvalue weighted by Crippen LogP contribution is 2.26. The van der Waals surface area contributed by atoms with Crippen LogP contribution in [0.4, 0.5) is 0 Å². The number of methoxy groups -OCH3 is 1. The Morgan fingerprint density at radius 3 is 2.77 bits per heavy atom. The highest BCUT2D eigenvalue weighted by atomic mass is 32.1. The van der Waals surface area contributed by atoms with Crippen molar-refractivity contribution in [3.8, 4) is 5.75 Å². The maximum absolute atomic E-state index is 13.6. The van der Waals surface area contributed by atoms with Crippen LogP contribution in [0, 0.1) is 0 Å². The van der Waals surface area contributed by atoms with E-state index < -0.39 is 0 Å². The largest absolute Gasteiger partial charge is 0.496 e. The Morgan fingerprint density at radius 1 is 1.17 bits per heavy atom. The molecule has 182 valence electrons. The monoisotopic (exact) mass is 490 g/mol. The molecule has 1 aliphatic rings. The number of carbonyl (C=O) groups excluding carboxylic acids is 1. The predicted molar refractivity (Wildman–Crippen MR) is 139 cm³/mol. The van der Waals surface area contributed by atoms with Gasteiger partial charge in [0.05, 0.1) is 7.11 Å². The molecule has 0 atom stereocenters. The Kier molecular flexibility index (Phi) is 6.49. The first-order valence-corrected chi connectivity index (χ1v) is 12.7. The van der Waals surface area contributed by atoms with Crippen LogP contribution in [0.5, 0.6) is 5.75 Å². The van der Waals surface area contributed by atoms with Crippen LogP contribution in [0.1, 0.15) is 27.2 Å². The van der Waals surface area contributed by atoms with E-state index in [-0.39, 0.29) is 11.5 Å². The number of aromatic nitrogens is 2. The Labute approximate surface area is 208 Å². The molecule has 1 amide bonds. The van der Waals surface area contributed by atoms with Crippen LogP contribution in [0.15, 0.2) is 58.1 Å². The Bertz CT molecular complexity index is 1420. The number of amides is 1. The quantitative estimate of drug-likeness (QED) is 0.413. The third kappa shape index (κ3) is 4.51. The van der Waals surface area contributed by atoms with Gasteiger partial charge in [0.2, 0.25) is 0 Å². The minimum absolute atomic E-state index is 0.124. The molecule has 0 unspecified atom stereocenters. The van der Waals surface area contributed by atoms with Crippen molar-refractivity contribution < 1.29 is 9.53 Å².